The number of amides is 1. The molecule has 4 heteroatoms. The predicted octanol–water partition coefficient (Wildman–Crippen LogP) is -1.04. The largest absolute Gasteiger partial charge is 0.402 e. The van der Waals surface area contributed by atoms with Crippen LogP contribution in [-0.2, 0) is 4.79 Å². The first-order chi connectivity index (χ1) is 4.66. The highest BCUT2D eigenvalue weighted by Crippen LogP contribution is 1.77. The van der Waals surface area contributed by atoms with Gasteiger partial charge in [-0.2, -0.15) is 0 Å². The van der Waals surface area contributed by atoms with Gasteiger partial charge >= 0.3 is 0 Å². The summed E-state index contributed by atoms with van der Waals surface area (Å²) in [7, 11) is 0. The average molecular weight is 144 g/mol. The molecule has 0 saturated heterocycles. The van der Waals surface area contributed by atoms with Crippen LogP contribution in [0.1, 0.15) is 6.92 Å². The van der Waals surface area contributed by atoms with E-state index in [1.54, 1.807) is 6.92 Å². The first-order valence-electron chi connectivity index (χ1n) is 2.99. The molecule has 0 aromatic carbocycles. The van der Waals surface area contributed by atoms with Gasteiger partial charge in [0.2, 0.25) is 5.91 Å². The standard InChI is InChI=1S/C6H12N2O2/c1-5(7)4-6(10)8-2-3-9/h4,9H,2-3,7H2,1H3,(H,8,10)/b5-4-. The van der Waals surface area contributed by atoms with E-state index >= 15 is 0 Å². The number of nitrogens with two attached hydrogens (primary N) is 1. The molecular weight excluding hydrogens is 132 g/mol. The minimum atomic E-state index is -0.269. The molecule has 0 aliphatic rings. The Labute approximate surface area is 59.7 Å². The molecule has 4 nitrogen and oxygen atoms in total. The van der Waals surface area contributed by atoms with Crippen LogP contribution in [0, 0.1) is 0 Å². The Balaban J connectivity index is 3.54. The van der Waals surface area contributed by atoms with Crippen molar-refractivity contribution >= 4 is 5.91 Å². The van der Waals surface area contributed by atoms with Gasteiger partial charge in [-0.15, -0.1) is 0 Å². The second kappa shape index (κ2) is 4.81. The number of hydrogen-bond acceptors (Lipinski definition) is 3. The third-order valence-electron chi connectivity index (χ3n) is 0.770. The smallest absolute Gasteiger partial charge is 0.245 e. The molecule has 0 fully saturated rings. The van der Waals surface area contributed by atoms with E-state index in [1.165, 1.54) is 6.08 Å². The van der Waals surface area contributed by atoms with Crippen LogP contribution < -0.4 is 11.1 Å². The predicted molar refractivity (Wildman–Crippen MR) is 38.0 cm³/mol. The lowest BCUT2D eigenvalue weighted by Crippen LogP contribution is -2.25. The number of aliphatic hydroxyl groups is 1. The molecule has 0 heterocycles. The van der Waals surface area contributed by atoms with E-state index in [0.717, 1.165) is 0 Å². The molecule has 0 saturated carbocycles. The summed E-state index contributed by atoms with van der Waals surface area (Å²) in [5.74, 6) is -0.269. The zero-order chi connectivity index (χ0) is 7.98. The summed E-state index contributed by atoms with van der Waals surface area (Å²) in [5, 5.41) is 10.7. The molecule has 10 heavy (non-hydrogen) atoms. The molecule has 4 N–H and O–H groups in total. The summed E-state index contributed by atoms with van der Waals surface area (Å²) >= 11 is 0. The van der Waals surface area contributed by atoms with Gasteiger partial charge in [-0.05, 0) is 6.92 Å². The summed E-state index contributed by atoms with van der Waals surface area (Å²) in [4.78, 5) is 10.6. The van der Waals surface area contributed by atoms with Crippen LogP contribution in [-0.4, -0.2) is 24.2 Å². The third-order valence-corrected chi connectivity index (χ3v) is 0.770. The van der Waals surface area contributed by atoms with Gasteiger partial charge in [-0.25, -0.2) is 0 Å². The maximum absolute atomic E-state index is 10.6. The van der Waals surface area contributed by atoms with Crippen molar-refractivity contribution in [3.63, 3.8) is 0 Å². The fourth-order valence-electron chi connectivity index (χ4n) is 0.437. The van der Waals surface area contributed by atoms with Crippen molar-refractivity contribution in [2.45, 2.75) is 6.92 Å². The number of nitrogens with one attached hydrogen (secondary N) is 1. The topological polar surface area (TPSA) is 75.4 Å². The van der Waals surface area contributed by atoms with Crippen molar-refractivity contribution in [3.8, 4) is 0 Å². The SMILES string of the molecule is C/C(N)=C/C(=O)NCCO. The Morgan fingerprint density at radius 1 is 1.80 bits per heavy atom. The molecule has 1 amide bonds. The van der Waals surface area contributed by atoms with Crippen molar-refractivity contribution < 1.29 is 9.90 Å². The van der Waals surface area contributed by atoms with Gasteiger partial charge in [-0.3, -0.25) is 4.79 Å². The Bertz CT molecular complexity index is 139. The first kappa shape index (κ1) is 8.97. The molecule has 0 aromatic heterocycles. The van der Waals surface area contributed by atoms with Gasteiger partial charge in [0, 0.05) is 18.3 Å². The molecule has 0 spiro atoms. The number of hydrogen-bond donors (Lipinski definition) is 3. The molecule has 0 aliphatic heterocycles. The average Bonchev–Trinajstić information content (AvgIpc) is 1.82. The highest BCUT2D eigenvalue weighted by atomic mass is 16.3. The second-order valence-corrected chi connectivity index (χ2v) is 1.90. The number of rotatable bonds is 3. The zero-order valence-corrected chi connectivity index (χ0v) is 5.92. The van der Waals surface area contributed by atoms with Crippen molar-refractivity contribution in [3.05, 3.63) is 11.8 Å². The van der Waals surface area contributed by atoms with Crippen molar-refractivity contribution in [2.24, 2.45) is 5.73 Å². The summed E-state index contributed by atoms with van der Waals surface area (Å²) in [5.41, 5.74) is 5.66. The van der Waals surface area contributed by atoms with Crippen LogP contribution in [0.4, 0.5) is 0 Å². The lowest BCUT2D eigenvalue weighted by Gasteiger charge is -1.96. The lowest BCUT2D eigenvalue weighted by molar-refractivity contribution is -0.116. The van der Waals surface area contributed by atoms with E-state index in [2.05, 4.69) is 5.32 Å². The molecule has 0 bridgehead atoms. The number of aliphatic hydroxyl groups excluding tert-OH is 1. The maximum Gasteiger partial charge on any atom is 0.245 e. The van der Waals surface area contributed by atoms with Crippen molar-refractivity contribution in [2.75, 3.05) is 13.2 Å². The maximum atomic E-state index is 10.6. The van der Waals surface area contributed by atoms with Gasteiger partial charge in [0.25, 0.3) is 0 Å². The van der Waals surface area contributed by atoms with Crippen LogP contribution in [0.3, 0.4) is 0 Å². The van der Waals surface area contributed by atoms with Crippen molar-refractivity contribution in [1.82, 2.24) is 5.32 Å². The summed E-state index contributed by atoms with van der Waals surface area (Å²) in [6.45, 7) is 1.84. The highest BCUT2D eigenvalue weighted by molar-refractivity contribution is 5.87. The van der Waals surface area contributed by atoms with E-state index in [-0.39, 0.29) is 19.1 Å². The van der Waals surface area contributed by atoms with Crippen LogP contribution in [0.2, 0.25) is 0 Å². The van der Waals surface area contributed by atoms with E-state index in [4.69, 9.17) is 10.8 Å². The number of carbonyl (C=O) groups excluding carboxylic acids is 1. The quantitative estimate of drug-likeness (QED) is 0.443. The lowest BCUT2D eigenvalue weighted by atomic mass is 10.4. The minimum Gasteiger partial charge on any atom is -0.402 e. The number of carbonyl (C=O) groups is 1. The fourth-order valence-corrected chi connectivity index (χ4v) is 0.437. The Morgan fingerprint density at radius 3 is 2.80 bits per heavy atom. The van der Waals surface area contributed by atoms with Crippen LogP contribution >= 0.6 is 0 Å². The molecular formula is C6H12N2O2. The highest BCUT2D eigenvalue weighted by Gasteiger charge is 1.92. The van der Waals surface area contributed by atoms with Gasteiger partial charge < -0.3 is 16.2 Å². The van der Waals surface area contributed by atoms with Crippen LogP contribution in [0.15, 0.2) is 11.8 Å². The molecule has 0 aromatic rings. The summed E-state index contributed by atoms with van der Waals surface area (Å²) in [6.07, 6.45) is 1.27. The molecule has 58 valence electrons. The Morgan fingerprint density at radius 2 is 2.40 bits per heavy atom. The van der Waals surface area contributed by atoms with Crippen LogP contribution in [0.25, 0.3) is 0 Å². The van der Waals surface area contributed by atoms with E-state index in [0.29, 0.717) is 5.70 Å². The first-order valence-corrected chi connectivity index (χ1v) is 2.99. The van der Waals surface area contributed by atoms with Gasteiger partial charge in [0.05, 0.1) is 6.61 Å². The number of allylic oxidation sites excluding steroid dienone is 1. The van der Waals surface area contributed by atoms with E-state index in [9.17, 15) is 4.79 Å². The van der Waals surface area contributed by atoms with E-state index in [1.807, 2.05) is 0 Å². The fraction of sp³-hybridized carbons (Fsp3) is 0.500. The molecule has 0 rings (SSSR count). The third kappa shape index (κ3) is 5.11. The van der Waals surface area contributed by atoms with Gasteiger partial charge in [0.15, 0.2) is 0 Å². The van der Waals surface area contributed by atoms with E-state index < -0.39 is 0 Å². The van der Waals surface area contributed by atoms with Crippen molar-refractivity contribution in [1.29, 1.82) is 0 Å². The molecule has 0 unspecified atom stereocenters. The summed E-state index contributed by atoms with van der Waals surface area (Å²) in [6, 6.07) is 0. The normalized spacial score (nSPS) is 11.2. The minimum absolute atomic E-state index is 0.0524. The monoisotopic (exact) mass is 144 g/mol. The molecule has 0 atom stereocenters. The van der Waals surface area contributed by atoms with Crippen LogP contribution in [0.5, 0.6) is 0 Å². The molecule has 0 radical (unpaired) electrons. The van der Waals surface area contributed by atoms with Gasteiger partial charge in [0.1, 0.15) is 0 Å². The van der Waals surface area contributed by atoms with Gasteiger partial charge in [-0.1, -0.05) is 0 Å². The zero-order valence-electron chi connectivity index (χ0n) is 5.92. The Hall–Kier alpha value is -1.03. The second-order valence-electron chi connectivity index (χ2n) is 1.90. The Kier molecular flexibility index (Phi) is 4.32. The summed E-state index contributed by atoms with van der Waals surface area (Å²) < 4.78 is 0. The molecule has 0 aliphatic carbocycles.